The van der Waals surface area contributed by atoms with Crippen LogP contribution < -0.4 is 0 Å². The topological polar surface area (TPSA) is 46.6 Å². The Kier molecular flexibility index (Phi) is 9.28. The van der Waals surface area contributed by atoms with Crippen molar-refractivity contribution in [1.82, 2.24) is 4.67 Å². The Balaban J connectivity index is 0.00000121. The Morgan fingerprint density at radius 2 is 1.82 bits per heavy atom. The molecule has 17 heavy (non-hydrogen) atoms. The summed E-state index contributed by atoms with van der Waals surface area (Å²) in [7, 11) is 2.64. The molecule has 0 amide bonds. The number of hydrogen-bond donors (Lipinski definition) is 0. The number of esters is 1. The molecule has 1 aliphatic heterocycles. The highest BCUT2D eigenvalue weighted by Gasteiger charge is 2.25. The third-order valence-electron chi connectivity index (χ3n) is 2.61. The lowest BCUT2D eigenvalue weighted by Gasteiger charge is -2.27. The highest BCUT2D eigenvalue weighted by Crippen LogP contribution is 2.21. The van der Waals surface area contributed by atoms with Crippen molar-refractivity contribution in [1.29, 1.82) is 0 Å². The number of piperidine rings is 1. The summed E-state index contributed by atoms with van der Waals surface area (Å²) in [5, 5.41) is 0. The van der Waals surface area contributed by atoms with Crippen LogP contribution in [0.25, 0.3) is 0 Å². The third kappa shape index (κ3) is 6.75. The van der Waals surface area contributed by atoms with E-state index in [2.05, 4.69) is 14.1 Å². The summed E-state index contributed by atoms with van der Waals surface area (Å²) in [6, 6.07) is 0. The maximum absolute atomic E-state index is 11.7. The highest BCUT2D eigenvalue weighted by molar-refractivity contribution is 7.13. The predicted octanol–water partition coefficient (Wildman–Crippen LogP) is 2.04. The summed E-state index contributed by atoms with van der Waals surface area (Å²) in [6.45, 7) is 7.90. The summed E-state index contributed by atoms with van der Waals surface area (Å²) in [4.78, 5) is 22.8. The van der Waals surface area contributed by atoms with E-state index in [1.807, 2.05) is 13.8 Å². The van der Waals surface area contributed by atoms with E-state index in [1.165, 1.54) is 0 Å². The lowest BCUT2D eigenvalue weighted by molar-refractivity contribution is -0.146. The molecule has 1 heterocycles. The molecule has 1 rings (SSSR count). The number of carbonyl (C=O) groups is 2. The highest BCUT2D eigenvalue weighted by atomic mass is 31.0. The number of ether oxygens (including phenoxy) is 1. The standard InChI is InChI=1S/C10H18NO3P.C2H6/c1-2-14-10(13)7-9(12)8-3-5-11(15)6-4-8;1-2/h8H,2-7,15H2,1H3;1-2H3. The number of hydrogen-bond acceptors (Lipinski definition) is 4. The number of ketones is 1. The van der Waals surface area contributed by atoms with Gasteiger partial charge >= 0.3 is 5.97 Å². The molecule has 0 radical (unpaired) electrons. The van der Waals surface area contributed by atoms with Crippen molar-refractivity contribution < 1.29 is 14.3 Å². The SMILES string of the molecule is CC.CCOC(=O)CC(=O)C1CCN(P)CC1. The zero-order valence-corrected chi connectivity index (χ0v) is 12.2. The Morgan fingerprint density at radius 3 is 2.29 bits per heavy atom. The fraction of sp³-hybridized carbons (Fsp3) is 0.833. The summed E-state index contributed by atoms with van der Waals surface area (Å²) in [5.74, 6) is -0.312. The minimum absolute atomic E-state index is 0.0338. The average molecular weight is 261 g/mol. The van der Waals surface area contributed by atoms with Gasteiger partial charge in [0.1, 0.15) is 12.2 Å². The van der Waals surface area contributed by atoms with Crippen LogP contribution in [0.2, 0.25) is 0 Å². The van der Waals surface area contributed by atoms with Crippen LogP contribution in [0, 0.1) is 5.92 Å². The lowest BCUT2D eigenvalue weighted by atomic mass is 9.92. The van der Waals surface area contributed by atoms with Gasteiger partial charge in [0.25, 0.3) is 0 Å². The van der Waals surface area contributed by atoms with E-state index >= 15 is 0 Å². The van der Waals surface area contributed by atoms with E-state index in [-0.39, 0.29) is 18.1 Å². The van der Waals surface area contributed by atoms with Crippen LogP contribution in [0.5, 0.6) is 0 Å². The normalized spacial score (nSPS) is 16.9. The molecule has 1 saturated heterocycles. The molecule has 0 aromatic heterocycles. The Bertz CT molecular complexity index is 238. The number of carbonyl (C=O) groups excluding carboxylic acids is 2. The van der Waals surface area contributed by atoms with Crippen LogP contribution >= 0.6 is 9.39 Å². The van der Waals surface area contributed by atoms with Crippen LogP contribution in [-0.4, -0.2) is 36.1 Å². The average Bonchev–Trinajstić information content (AvgIpc) is 2.32. The van der Waals surface area contributed by atoms with Crippen LogP contribution in [-0.2, 0) is 14.3 Å². The van der Waals surface area contributed by atoms with Crippen LogP contribution in [0.3, 0.4) is 0 Å². The van der Waals surface area contributed by atoms with Crippen molar-refractivity contribution in [3.63, 3.8) is 0 Å². The molecule has 4 nitrogen and oxygen atoms in total. The van der Waals surface area contributed by atoms with E-state index in [1.54, 1.807) is 6.92 Å². The van der Waals surface area contributed by atoms with Crippen molar-refractivity contribution in [2.45, 2.75) is 40.0 Å². The smallest absolute Gasteiger partial charge is 0.313 e. The van der Waals surface area contributed by atoms with Gasteiger partial charge in [0.2, 0.25) is 0 Å². The van der Waals surface area contributed by atoms with Gasteiger partial charge in [-0.25, -0.2) is 0 Å². The molecular formula is C12H24NO3P. The molecule has 100 valence electrons. The van der Waals surface area contributed by atoms with Crippen LogP contribution in [0.1, 0.15) is 40.0 Å². The Labute approximate surface area is 106 Å². The minimum atomic E-state index is -0.393. The molecule has 0 N–H and O–H groups in total. The van der Waals surface area contributed by atoms with Crippen molar-refractivity contribution in [2.24, 2.45) is 5.92 Å². The largest absolute Gasteiger partial charge is 0.466 e. The van der Waals surface area contributed by atoms with Crippen LogP contribution in [0.15, 0.2) is 0 Å². The van der Waals surface area contributed by atoms with E-state index in [0.29, 0.717) is 6.61 Å². The minimum Gasteiger partial charge on any atom is -0.466 e. The summed E-state index contributed by atoms with van der Waals surface area (Å²) in [5.41, 5.74) is 0. The first-order chi connectivity index (χ1) is 8.13. The second kappa shape index (κ2) is 9.55. The molecule has 1 atom stereocenters. The number of rotatable bonds is 4. The predicted molar refractivity (Wildman–Crippen MR) is 71.6 cm³/mol. The maximum atomic E-state index is 11.7. The van der Waals surface area contributed by atoms with Gasteiger partial charge in [-0.05, 0) is 19.8 Å². The van der Waals surface area contributed by atoms with Gasteiger partial charge in [0.15, 0.2) is 0 Å². The van der Waals surface area contributed by atoms with Crippen molar-refractivity contribution in [3.05, 3.63) is 0 Å². The molecule has 5 heteroatoms. The van der Waals surface area contributed by atoms with Crippen molar-refractivity contribution >= 4 is 21.1 Å². The van der Waals surface area contributed by atoms with E-state index in [0.717, 1.165) is 25.9 Å². The van der Waals surface area contributed by atoms with Gasteiger partial charge in [-0.15, -0.1) is 0 Å². The maximum Gasteiger partial charge on any atom is 0.313 e. The van der Waals surface area contributed by atoms with Gasteiger partial charge < -0.3 is 4.74 Å². The molecule has 0 aromatic rings. The third-order valence-corrected chi connectivity index (χ3v) is 3.13. The molecule has 0 aliphatic carbocycles. The summed E-state index contributed by atoms with van der Waals surface area (Å²) < 4.78 is 6.87. The van der Waals surface area contributed by atoms with Gasteiger partial charge in [-0.1, -0.05) is 23.2 Å². The first-order valence-corrected chi connectivity index (χ1v) is 6.83. The first kappa shape index (κ1) is 16.5. The lowest BCUT2D eigenvalue weighted by Crippen LogP contribution is -2.31. The molecule has 1 aliphatic rings. The molecule has 0 aromatic carbocycles. The molecular weight excluding hydrogens is 237 g/mol. The monoisotopic (exact) mass is 261 g/mol. The Hall–Kier alpha value is -0.470. The summed E-state index contributed by atoms with van der Waals surface area (Å²) >= 11 is 0. The molecule has 0 saturated carbocycles. The van der Waals surface area contributed by atoms with Gasteiger partial charge in [0.05, 0.1) is 6.61 Å². The second-order valence-electron chi connectivity index (χ2n) is 3.76. The van der Waals surface area contributed by atoms with E-state index in [4.69, 9.17) is 4.74 Å². The first-order valence-electron chi connectivity index (χ1n) is 6.31. The molecule has 1 unspecified atom stereocenters. The van der Waals surface area contributed by atoms with Crippen molar-refractivity contribution in [3.8, 4) is 0 Å². The zero-order chi connectivity index (χ0) is 13.3. The molecule has 1 fully saturated rings. The van der Waals surface area contributed by atoms with Gasteiger partial charge in [-0.2, -0.15) is 0 Å². The number of nitrogens with zero attached hydrogens (tertiary/aromatic N) is 1. The van der Waals surface area contributed by atoms with E-state index < -0.39 is 5.97 Å². The fourth-order valence-electron chi connectivity index (χ4n) is 1.72. The summed E-state index contributed by atoms with van der Waals surface area (Å²) in [6.07, 6.45) is 1.64. The Morgan fingerprint density at radius 1 is 1.29 bits per heavy atom. The fourth-order valence-corrected chi connectivity index (χ4v) is 2.02. The second-order valence-corrected chi connectivity index (χ2v) is 4.49. The molecule has 0 spiro atoms. The number of Topliss-reactive ketones (excluding diaryl/α,β-unsaturated/α-hetero) is 1. The van der Waals surface area contributed by atoms with E-state index in [9.17, 15) is 9.59 Å². The zero-order valence-electron chi connectivity index (χ0n) is 11.1. The van der Waals surface area contributed by atoms with Gasteiger partial charge in [0, 0.05) is 19.0 Å². The van der Waals surface area contributed by atoms with Crippen LogP contribution in [0.4, 0.5) is 0 Å². The molecule has 0 bridgehead atoms. The van der Waals surface area contributed by atoms with Crippen molar-refractivity contribution in [2.75, 3.05) is 19.7 Å². The van der Waals surface area contributed by atoms with Gasteiger partial charge in [-0.3, -0.25) is 14.3 Å². The quantitative estimate of drug-likeness (QED) is 0.441.